The van der Waals surface area contributed by atoms with E-state index >= 15 is 0 Å². The summed E-state index contributed by atoms with van der Waals surface area (Å²) >= 11 is 1.82. The Bertz CT molecular complexity index is 140. The Morgan fingerprint density at radius 1 is 1.64 bits per heavy atom. The van der Waals surface area contributed by atoms with Crippen molar-refractivity contribution in [1.29, 1.82) is 0 Å². The third-order valence-electron chi connectivity index (χ3n) is 2.55. The summed E-state index contributed by atoms with van der Waals surface area (Å²) in [6.07, 6.45) is 5.84. The molecule has 84 valence electrons. The second-order valence-corrected chi connectivity index (χ2v) is 4.69. The van der Waals surface area contributed by atoms with Crippen molar-refractivity contribution in [1.82, 2.24) is 5.32 Å². The zero-order chi connectivity index (χ0) is 10.2. The minimum absolute atomic E-state index is 0.229. The highest BCUT2D eigenvalue weighted by Gasteiger charge is 2.16. The van der Waals surface area contributed by atoms with Gasteiger partial charge >= 0.3 is 0 Å². The van der Waals surface area contributed by atoms with E-state index in [0.29, 0.717) is 6.10 Å². The van der Waals surface area contributed by atoms with Crippen molar-refractivity contribution in [3.05, 3.63) is 0 Å². The van der Waals surface area contributed by atoms with Gasteiger partial charge in [-0.15, -0.1) is 0 Å². The van der Waals surface area contributed by atoms with Crippen LogP contribution < -0.4 is 5.32 Å². The van der Waals surface area contributed by atoms with Crippen molar-refractivity contribution in [2.75, 3.05) is 31.8 Å². The van der Waals surface area contributed by atoms with Gasteiger partial charge in [-0.1, -0.05) is 0 Å². The molecule has 1 rings (SSSR count). The normalized spacial score (nSPS) is 24.0. The molecule has 4 heteroatoms. The molecule has 0 aromatic rings. The van der Waals surface area contributed by atoms with Gasteiger partial charge in [0, 0.05) is 19.2 Å². The fourth-order valence-electron chi connectivity index (χ4n) is 1.62. The molecule has 1 aliphatic heterocycles. The van der Waals surface area contributed by atoms with Crippen LogP contribution in [-0.2, 0) is 4.74 Å². The summed E-state index contributed by atoms with van der Waals surface area (Å²) in [5, 5.41) is 12.5. The molecule has 0 aromatic heterocycles. The highest BCUT2D eigenvalue weighted by atomic mass is 32.2. The predicted molar refractivity (Wildman–Crippen MR) is 60.8 cm³/mol. The van der Waals surface area contributed by atoms with Crippen LogP contribution in [0.2, 0.25) is 0 Å². The fourth-order valence-corrected chi connectivity index (χ4v) is 2.14. The summed E-state index contributed by atoms with van der Waals surface area (Å²) in [6, 6.07) is 0.242. The van der Waals surface area contributed by atoms with Crippen molar-refractivity contribution in [3.8, 4) is 0 Å². The Balaban J connectivity index is 2.06. The van der Waals surface area contributed by atoms with Crippen LogP contribution >= 0.6 is 11.8 Å². The van der Waals surface area contributed by atoms with Crippen LogP contribution in [0.25, 0.3) is 0 Å². The molecule has 0 saturated carbocycles. The van der Waals surface area contributed by atoms with Crippen LogP contribution in [0.4, 0.5) is 0 Å². The van der Waals surface area contributed by atoms with Crippen LogP contribution in [0.5, 0.6) is 0 Å². The summed E-state index contributed by atoms with van der Waals surface area (Å²) in [7, 11) is 0. The molecule has 14 heavy (non-hydrogen) atoms. The highest BCUT2D eigenvalue weighted by Crippen LogP contribution is 2.11. The SMILES string of the molecule is CSCCC(CO)NCC1CCCO1. The summed E-state index contributed by atoms with van der Waals surface area (Å²) in [5.41, 5.74) is 0. The molecule has 1 heterocycles. The van der Waals surface area contributed by atoms with E-state index in [1.165, 1.54) is 6.42 Å². The summed E-state index contributed by atoms with van der Waals surface area (Å²) in [4.78, 5) is 0. The van der Waals surface area contributed by atoms with Crippen molar-refractivity contribution >= 4 is 11.8 Å². The van der Waals surface area contributed by atoms with Gasteiger partial charge in [0.25, 0.3) is 0 Å². The maximum atomic E-state index is 9.11. The maximum Gasteiger partial charge on any atom is 0.0700 e. The van der Waals surface area contributed by atoms with Crippen LogP contribution in [0.1, 0.15) is 19.3 Å². The molecule has 2 N–H and O–H groups in total. The van der Waals surface area contributed by atoms with Crippen LogP contribution in [0.3, 0.4) is 0 Å². The van der Waals surface area contributed by atoms with Crippen LogP contribution in [-0.4, -0.2) is 49.0 Å². The molecule has 0 spiro atoms. The number of aliphatic hydroxyl groups is 1. The molecule has 2 unspecified atom stereocenters. The standard InChI is InChI=1S/C10H21NO2S/c1-14-6-4-9(8-12)11-7-10-3-2-5-13-10/h9-12H,2-8H2,1H3. The average Bonchev–Trinajstić information content (AvgIpc) is 2.71. The van der Waals surface area contributed by atoms with Crippen molar-refractivity contribution < 1.29 is 9.84 Å². The van der Waals surface area contributed by atoms with Gasteiger partial charge in [-0.3, -0.25) is 0 Å². The van der Waals surface area contributed by atoms with E-state index in [4.69, 9.17) is 9.84 Å². The smallest absolute Gasteiger partial charge is 0.0700 e. The number of rotatable bonds is 7. The second kappa shape index (κ2) is 7.51. The van der Waals surface area contributed by atoms with Crippen LogP contribution in [0.15, 0.2) is 0 Å². The van der Waals surface area contributed by atoms with Crippen molar-refractivity contribution in [2.45, 2.75) is 31.4 Å². The summed E-state index contributed by atoms with van der Waals surface area (Å²) in [5.74, 6) is 1.10. The molecule has 1 saturated heterocycles. The fraction of sp³-hybridized carbons (Fsp3) is 1.00. The number of aliphatic hydroxyl groups excluding tert-OH is 1. The molecule has 0 aromatic carbocycles. The molecule has 3 nitrogen and oxygen atoms in total. The first-order chi connectivity index (χ1) is 6.86. The molecule has 1 aliphatic rings. The van der Waals surface area contributed by atoms with E-state index in [0.717, 1.165) is 31.7 Å². The lowest BCUT2D eigenvalue weighted by Gasteiger charge is -2.18. The molecule has 0 radical (unpaired) electrons. The van der Waals surface area contributed by atoms with E-state index < -0.39 is 0 Å². The Morgan fingerprint density at radius 3 is 3.07 bits per heavy atom. The second-order valence-electron chi connectivity index (χ2n) is 3.70. The lowest BCUT2D eigenvalue weighted by atomic mass is 10.2. The van der Waals surface area contributed by atoms with Gasteiger partial charge in [-0.25, -0.2) is 0 Å². The third-order valence-corrected chi connectivity index (χ3v) is 3.19. The summed E-state index contributed by atoms with van der Waals surface area (Å²) in [6.45, 7) is 2.02. The lowest BCUT2D eigenvalue weighted by Crippen LogP contribution is -2.38. The molecule has 0 amide bonds. The lowest BCUT2D eigenvalue weighted by molar-refractivity contribution is 0.103. The average molecular weight is 219 g/mol. The van der Waals surface area contributed by atoms with Crippen molar-refractivity contribution in [3.63, 3.8) is 0 Å². The molecule has 0 aliphatic carbocycles. The molecular weight excluding hydrogens is 198 g/mol. The van der Waals surface area contributed by atoms with E-state index in [-0.39, 0.29) is 12.6 Å². The molecule has 2 atom stereocenters. The zero-order valence-electron chi connectivity index (χ0n) is 8.87. The van der Waals surface area contributed by atoms with Gasteiger partial charge in [0.05, 0.1) is 12.7 Å². The Labute approximate surface area is 90.6 Å². The van der Waals surface area contributed by atoms with Crippen molar-refractivity contribution in [2.24, 2.45) is 0 Å². The quantitative estimate of drug-likeness (QED) is 0.667. The van der Waals surface area contributed by atoms with E-state index in [1.807, 2.05) is 11.8 Å². The first kappa shape index (κ1) is 12.3. The molecular formula is C10H21NO2S. The van der Waals surface area contributed by atoms with Crippen LogP contribution in [0, 0.1) is 0 Å². The van der Waals surface area contributed by atoms with Gasteiger partial charge in [-0.2, -0.15) is 11.8 Å². The van der Waals surface area contributed by atoms with E-state index in [2.05, 4.69) is 11.6 Å². The van der Waals surface area contributed by atoms with Gasteiger partial charge in [0.2, 0.25) is 0 Å². The first-order valence-corrected chi connectivity index (χ1v) is 6.71. The van der Waals surface area contributed by atoms with E-state index in [1.54, 1.807) is 0 Å². The number of nitrogens with one attached hydrogen (secondary N) is 1. The monoisotopic (exact) mass is 219 g/mol. The molecule has 1 fully saturated rings. The first-order valence-electron chi connectivity index (χ1n) is 5.31. The highest BCUT2D eigenvalue weighted by molar-refractivity contribution is 7.98. The molecule has 0 bridgehead atoms. The van der Waals surface area contributed by atoms with E-state index in [9.17, 15) is 0 Å². The number of hydrogen-bond donors (Lipinski definition) is 2. The third kappa shape index (κ3) is 4.64. The number of hydrogen-bond acceptors (Lipinski definition) is 4. The number of ether oxygens (including phenoxy) is 1. The zero-order valence-corrected chi connectivity index (χ0v) is 9.68. The van der Waals surface area contributed by atoms with Gasteiger partial charge in [0.1, 0.15) is 0 Å². The minimum atomic E-state index is 0.229. The summed E-state index contributed by atoms with van der Waals surface area (Å²) < 4.78 is 5.50. The topological polar surface area (TPSA) is 41.5 Å². The Hall–Kier alpha value is 0.230. The number of thioether (sulfide) groups is 1. The van der Waals surface area contributed by atoms with Gasteiger partial charge < -0.3 is 15.2 Å². The van der Waals surface area contributed by atoms with Gasteiger partial charge in [-0.05, 0) is 31.3 Å². The maximum absolute atomic E-state index is 9.11. The van der Waals surface area contributed by atoms with Gasteiger partial charge in [0.15, 0.2) is 0 Å². The largest absolute Gasteiger partial charge is 0.395 e. The Kier molecular flexibility index (Phi) is 6.60. The predicted octanol–water partition coefficient (Wildman–Crippen LogP) is 0.869. The minimum Gasteiger partial charge on any atom is -0.395 e. The Morgan fingerprint density at radius 2 is 2.50 bits per heavy atom.